The van der Waals surface area contributed by atoms with E-state index in [2.05, 4.69) is 29.2 Å². The summed E-state index contributed by atoms with van der Waals surface area (Å²) in [7, 11) is 1.77. The Morgan fingerprint density at radius 2 is 1.87 bits per heavy atom. The molecule has 1 saturated heterocycles. The molecule has 0 radical (unpaired) electrons. The number of thiocarbonyl (C=S) groups is 1. The van der Waals surface area contributed by atoms with Crippen LogP contribution in [0, 0.1) is 0 Å². The first-order chi connectivity index (χ1) is 11.2. The summed E-state index contributed by atoms with van der Waals surface area (Å²) in [6, 6.07) is 8.98. The van der Waals surface area contributed by atoms with Gasteiger partial charge in [-0.2, -0.15) is 0 Å². The smallest absolute Gasteiger partial charge is 0.268 e. The lowest BCUT2D eigenvalue weighted by atomic mass is 9.94. The second-order valence-electron chi connectivity index (χ2n) is 6.10. The molecule has 2 aliphatic heterocycles. The van der Waals surface area contributed by atoms with Crippen molar-refractivity contribution in [1.82, 2.24) is 4.90 Å². The number of thioether (sulfide) groups is 2. The van der Waals surface area contributed by atoms with Gasteiger partial charge in [0.15, 0.2) is 0 Å². The van der Waals surface area contributed by atoms with Gasteiger partial charge in [0, 0.05) is 18.0 Å². The Balaban J connectivity index is 1.80. The molecule has 0 bridgehead atoms. The number of para-hydroxylation sites is 1. The molecule has 0 spiro atoms. The van der Waals surface area contributed by atoms with Gasteiger partial charge in [0.05, 0.1) is 5.69 Å². The van der Waals surface area contributed by atoms with E-state index < -0.39 is 0 Å². The number of carbonyl (C=O) groups is 1. The van der Waals surface area contributed by atoms with Crippen LogP contribution in [-0.2, 0) is 4.79 Å². The van der Waals surface area contributed by atoms with Crippen molar-refractivity contribution in [3.63, 3.8) is 0 Å². The van der Waals surface area contributed by atoms with Gasteiger partial charge in [0.1, 0.15) is 14.3 Å². The highest BCUT2D eigenvalue weighted by Gasteiger charge is 2.39. The van der Waals surface area contributed by atoms with E-state index in [1.165, 1.54) is 54.4 Å². The number of hydrogen-bond donors (Lipinski definition) is 0. The first-order valence-electron chi connectivity index (χ1n) is 7.97. The lowest BCUT2D eigenvalue weighted by Gasteiger charge is -2.34. The highest BCUT2D eigenvalue weighted by molar-refractivity contribution is 8.27. The number of rotatable bonds is 1. The Hall–Kier alpha value is -0.980. The quantitative estimate of drug-likeness (QED) is 0.537. The maximum absolute atomic E-state index is 12.6. The van der Waals surface area contributed by atoms with Gasteiger partial charge in [-0.25, -0.2) is 0 Å². The fourth-order valence-electron chi connectivity index (χ4n) is 3.43. The van der Waals surface area contributed by atoms with Crippen LogP contribution in [0.4, 0.5) is 5.69 Å². The third-order valence-electron chi connectivity index (χ3n) is 4.65. The molecular formula is C17H18N2OS3. The molecule has 1 saturated carbocycles. The summed E-state index contributed by atoms with van der Waals surface area (Å²) in [4.78, 5) is 18.6. The standard InChI is InChI=1S/C17H18N2OS3/c1-18-15(20)14(23-17(18)21)16-19(11-7-3-2-4-8-11)12-9-5-6-10-13(12)22-16/h5-6,9-11H,2-4,7-8H2,1H3/b16-14-. The number of amides is 1. The number of hydrogen-bond acceptors (Lipinski definition) is 5. The minimum atomic E-state index is 0.0381. The van der Waals surface area contributed by atoms with Crippen LogP contribution in [0.2, 0.25) is 0 Å². The minimum absolute atomic E-state index is 0.0381. The SMILES string of the molecule is CN1C(=O)/C(=C2/Sc3ccccc3N2C2CCCCC2)SC1=S. The molecule has 3 nitrogen and oxygen atoms in total. The molecule has 0 unspecified atom stereocenters. The zero-order valence-corrected chi connectivity index (χ0v) is 15.4. The Morgan fingerprint density at radius 3 is 2.57 bits per heavy atom. The Morgan fingerprint density at radius 1 is 1.13 bits per heavy atom. The second kappa shape index (κ2) is 6.15. The summed E-state index contributed by atoms with van der Waals surface area (Å²) < 4.78 is 0.651. The molecule has 0 atom stereocenters. The molecule has 4 rings (SSSR count). The third kappa shape index (κ3) is 2.61. The number of fused-ring (bicyclic) bond motifs is 1. The summed E-state index contributed by atoms with van der Waals surface area (Å²) in [5.74, 6) is 0.0381. The van der Waals surface area contributed by atoms with Crippen LogP contribution >= 0.6 is 35.7 Å². The van der Waals surface area contributed by atoms with E-state index in [4.69, 9.17) is 12.2 Å². The Labute approximate surface area is 150 Å². The predicted octanol–water partition coefficient (Wildman–Crippen LogP) is 4.59. The monoisotopic (exact) mass is 362 g/mol. The van der Waals surface area contributed by atoms with E-state index in [-0.39, 0.29) is 5.91 Å². The van der Waals surface area contributed by atoms with E-state index >= 15 is 0 Å². The van der Waals surface area contributed by atoms with Crippen molar-refractivity contribution in [1.29, 1.82) is 0 Å². The maximum Gasteiger partial charge on any atom is 0.268 e. The summed E-state index contributed by atoms with van der Waals surface area (Å²) in [6.45, 7) is 0. The molecule has 120 valence electrons. The first kappa shape index (κ1) is 15.5. The van der Waals surface area contributed by atoms with Gasteiger partial charge in [-0.1, -0.05) is 67.1 Å². The lowest BCUT2D eigenvalue weighted by Crippen LogP contribution is -2.34. The Kier molecular flexibility index (Phi) is 4.15. The molecule has 1 aliphatic carbocycles. The fourth-order valence-corrected chi connectivity index (χ4v) is 5.97. The molecule has 2 heterocycles. The van der Waals surface area contributed by atoms with Crippen molar-refractivity contribution in [2.75, 3.05) is 11.9 Å². The normalized spacial score (nSPS) is 25.4. The highest BCUT2D eigenvalue weighted by atomic mass is 32.2. The average Bonchev–Trinajstić information content (AvgIpc) is 3.08. The van der Waals surface area contributed by atoms with Gasteiger partial charge < -0.3 is 4.90 Å². The fraction of sp³-hybridized carbons (Fsp3) is 0.412. The predicted molar refractivity (Wildman–Crippen MR) is 102 cm³/mol. The van der Waals surface area contributed by atoms with E-state index in [0.29, 0.717) is 10.4 Å². The van der Waals surface area contributed by atoms with Crippen LogP contribution in [0.15, 0.2) is 39.1 Å². The molecule has 1 aromatic rings. The van der Waals surface area contributed by atoms with Crippen molar-refractivity contribution < 1.29 is 4.79 Å². The van der Waals surface area contributed by atoms with Crippen LogP contribution in [0.5, 0.6) is 0 Å². The average molecular weight is 363 g/mol. The van der Waals surface area contributed by atoms with Crippen LogP contribution in [-0.4, -0.2) is 28.2 Å². The van der Waals surface area contributed by atoms with Crippen LogP contribution in [0.25, 0.3) is 0 Å². The lowest BCUT2D eigenvalue weighted by molar-refractivity contribution is -0.121. The number of anilines is 1. The molecule has 0 N–H and O–H groups in total. The maximum atomic E-state index is 12.6. The van der Waals surface area contributed by atoms with Gasteiger partial charge in [-0.3, -0.25) is 9.69 Å². The number of likely N-dealkylation sites (N-methyl/N-ethyl adjacent to an activating group) is 1. The van der Waals surface area contributed by atoms with Crippen molar-refractivity contribution in [3.8, 4) is 0 Å². The molecule has 1 amide bonds. The van der Waals surface area contributed by atoms with Crippen LogP contribution < -0.4 is 4.90 Å². The van der Waals surface area contributed by atoms with Gasteiger partial charge in [-0.05, 0) is 25.0 Å². The van der Waals surface area contributed by atoms with Crippen molar-refractivity contribution in [2.24, 2.45) is 0 Å². The summed E-state index contributed by atoms with van der Waals surface area (Å²) in [5.41, 5.74) is 1.25. The van der Waals surface area contributed by atoms with Crippen LogP contribution in [0.1, 0.15) is 32.1 Å². The van der Waals surface area contributed by atoms with Crippen molar-refractivity contribution in [2.45, 2.75) is 43.0 Å². The molecule has 0 aromatic heterocycles. The third-order valence-corrected chi connectivity index (χ3v) is 7.48. The van der Waals surface area contributed by atoms with E-state index in [9.17, 15) is 4.79 Å². The van der Waals surface area contributed by atoms with Crippen molar-refractivity contribution in [3.05, 3.63) is 34.2 Å². The summed E-state index contributed by atoms with van der Waals surface area (Å²) >= 11 is 8.48. The van der Waals surface area contributed by atoms with Gasteiger partial charge in [0.25, 0.3) is 5.91 Å². The topological polar surface area (TPSA) is 23.6 Å². The largest absolute Gasteiger partial charge is 0.331 e. The molecular weight excluding hydrogens is 344 g/mol. The van der Waals surface area contributed by atoms with Crippen LogP contribution in [0.3, 0.4) is 0 Å². The highest BCUT2D eigenvalue weighted by Crippen LogP contribution is 2.52. The first-order valence-corrected chi connectivity index (χ1v) is 10.0. The Bertz CT molecular complexity index is 710. The molecule has 3 aliphatic rings. The zero-order valence-electron chi connectivity index (χ0n) is 12.9. The molecule has 2 fully saturated rings. The molecule has 6 heteroatoms. The number of nitrogens with zero attached hydrogens (tertiary/aromatic N) is 2. The van der Waals surface area contributed by atoms with Gasteiger partial charge in [0.2, 0.25) is 0 Å². The van der Waals surface area contributed by atoms with E-state index in [1.807, 2.05) is 0 Å². The number of benzene rings is 1. The minimum Gasteiger partial charge on any atom is -0.331 e. The summed E-state index contributed by atoms with van der Waals surface area (Å²) in [5, 5.41) is 1.08. The van der Waals surface area contributed by atoms with E-state index in [1.54, 1.807) is 23.7 Å². The second-order valence-corrected chi connectivity index (χ2v) is 8.77. The molecule has 23 heavy (non-hydrogen) atoms. The van der Waals surface area contributed by atoms with Gasteiger partial charge in [-0.15, -0.1) is 0 Å². The summed E-state index contributed by atoms with van der Waals surface area (Å²) in [6.07, 6.45) is 6.27. The number of carbonyl (C=O) groups excluding carboxylic acids is 1. The zero-order chi connectivity index (χ0) is 16.0. The van der Waals surface area contributed by atoms with Crippen molar-refractivity contribution >= 4 is 51.7 Å². The molecule has 1 aromatic carbocycles. The van der Waals surface area contributed by atoms with Gasteiger partial charge >= 0.3 is 0 Å². The van der Waals surface area contributed by atoms with E-state index in [0.717, 1.165) is 9.93 Å².